The maximum Gasteiger partial charge on any atom is 0.261 e. The Bertz CT molecular complexity index is 1220. The zero-order valence-corrected chi connectivity index (χ0v) is 16.7. The summed E-state index contributed by atoms with van der Waals surface area (Å²) in [6, 6.07) is 25.0. The van der Waals surface area contributed by atoms with E-state index in [1.807, 2.05) is 79.7 Å². The van der Waals surface area contributed by atoms with Gasteiger partial charge in [-0.2, -0.15) is 0 Å². The molecular formula is C24H22N4O2. The van der Waals surface area contributed by atoms with Crippen LogP contribution in [0.15, 0.2) is 90.0 Å². The Labute approximate surface area is 174 Å². The molecule has 3 aromatic carbocycles. The molecule has 0 unspecified atom stereocenters. The Morgan fingerprint density at radius 3 is 2.40 bits per heavy atom. The SMILES string of the molecule is Cc1cccc2c(=O)n(CC(=O)NN(Cc3ccccc3)c3ccccc3)cnc12. The van der Waals surface area contributed by atoms with Gasteiger partial charge >= 0.3 is 0 Å². The quantitative estimate of drug-likeness (QED) is 0.505. The molecule has 150 valence electrons. The number of rotatable bonds is 6. The average Bonchev–Trinajstić information content (AvgIpc) is 2.77. The van der Waals surface area contributed by atoms with Crippen molar-refractivity contribution in [1.29, 1.82) is 0 Å². The second-order valence-corrected chi connectivity index (χ2v) is 7.09. The lowest BCUT2D eigenvalue weighted by Crippen LogP contribution is -2.44. The molecule has 0 atom stereocenters. The summed E-state index contributed by atoms with van der Waals surface area (Å²) < 4.78 is 1.34. The molecule has 0 spiro atoms. The van der Waals surface area contributed by atoms with E-state index in [0.29, 0.717) is 17.4 Å². The molecule has 0 aliphatic heterocycles. The Morgan fingerprint density at radius 2 is 1.67 bits per heavy atom. The highest BCUT2D eigenvalue weighted by Gasteiger charge is 2.13. The molecular weight excluding hydrogens is 376 g/mol. The molecule has 0 saturated heterocycles. The van der Waals surface area contributed by atoms with Crippen LogP contribution in [0.5, 0.6) is 0 Å². The van der Waals surface area contributed by atoms with E-state index >= 15 is 0 Å². The van der Waals surface area contributed by atoms with Crippen LogP contribution in [-0.4, -0.2) is 15.5 Å². The molecule has 6 heteroatoms. The van der Waals surface area contributed by atoms with Gasteiger partial charge in [-0.3, -0.25) is 24.6 Å². The van der Waals surface area contributed by atoms with Crippen molar-refractivity contribution < 1.29 is 4.79 Å². The average molecular weight is 398 g/mol. The molecule has 0 bridgehead atoms. The van der Waals surface area contributed by atoms with Gasteiger partial charge in [0.05, 0.1) is 29.5 Å². The topological polar surface area (TPSA) is 67.2 Å². The van der Waals surface area contributed by atoms with Crippen molar-refractivity contribution in [3.8, 4) is 0 Å². The summed E-state index contributed by atoms with van der Waals surface area (Å²) in [5.41, 5.74) is 6.20. The van der Waals surface area contributed by atoms with Gasteiger partial charge in [0, 0.05) is 0 Å². The van der Waals surface area contributed by atoms with Gasteiger partial charge in [0.1, 0.15) is 6.54 Å². The third kappa shape index (κ3) is 4.22. The highest BCUT2D eigenvalue weighted by molar-refractivity contribution is 5.81. The lowest BCUT2D eigenvalue weighted by atomic mass is 10.1. The monoisotopic (exact) mass is 398 g/mol. The number of anilines is 1. The molecule has 1 amide bonds. The molecule has 30 heavy (non-hydrogen) atoms. The number of aromatic nitrogens is 2. The zero-order valence-electron chi connectivity index (χ0n) is 16.7. The molecule has 0 aliphatic carbocycles. The predicted octanol–water partition coefficient (Wildman–Crippen LogP) is 3.44. The van der Waals surface area contributed by atoms with E-state index in [-0.39, 0.29) is 18.0 Å². The molecule has 6 nitrogen and oxygen atoms in total. The fourth-order valence-electron chi connectivity index (χ4n) is 3.36. The van der Waals surface area contributed by atoms with E-state index in [4.69, 9.17) is 0 Å². The van der Waals surface area contributed by atoms with Gasteiger partial charge in [-0.15, -0.1) is 0 Å². The van der Waals surface area contributed by atoms with Crippen LogP contribution in [0.2, 0.25) is 0 Å². The van der Waals surface area contributed by atoms with Crippen molar-refractivity contribution in [3.05, 3.63) is 107 Å². The first-order chi connectivity index (χ1) is 14.6. The molecule has 0 radical (unpaired) electrons. The van der Waals surface area contributed by atoms with Crippen LogP contribution in [0.3, 0.4) is 0 Å². The van der Waals surface area contributed by atoms with Gasteiger partial charge in [-0.25, -0.2) is 4.98 Å². The predicted molar refractivity (Wildman–Crippen MR) is 118 cm³/mol. The van der Waals surface area contributed by atoms with Crippen LogP contribution in [0.1, 0.15) is 11.1 Å². The minimum Gasteiger partial charge on any atom is -0.289 e. The number of hydrazine groups is 1. The fourth-order valence-corrected chi connectivity index (χ4v) is 3.36. The second-order valence-electron chi connectivity index (χ2n) is 7.09. The fraction of sp³-hybridized carbons (Fsp3) is 0.125. The summed E-state index contributed by atoms with van der Waals surface area (Å²) in [6.07, 6.45) is 1.43. The Kier molecular flexibility index (Phi) is 5.57. The number of carbonyl (C=O) groups is 1. The maximum absolute atomic E-state index is 12.8. The number of benzene rings is 3. The van der Waals surface area contributed by atoms with E-state index in [0.717, 1.165) is 16.8 Å². The maximum atomic E-state index is 12.8. The number of nitrogens with one attached hydrogen (secondary N) is 1. The van der Waals surface area contributed by atoms with E-state index in [1.165, 1.54) is 10.9 Å². The standard InChI is InChI=1S/C24H22N4O2/c1-18-9-8-14-21-23(18)25-17-27(24(21)30)16-22(29)26-28(20-12-6-3-7-13-20)15-19-10-4-2-5-11-19/h2-14,17H,15-16H2,1H3,(H,26,29). The largest absolute Gasteiger partial charge is 0.289 e. The van der Waals surface area contributed by atoms with E-state index < -0.39 is 0 Å². The summed E-state index contributed by atoms with van der Waals surface area (Å²) in [4.78, 5) is 30.0. The lowest BCUT2D eigenvalue weighted by Gasteiger charge is -2.25. The molecule has 4 rings (SSSR count). The van der Waals surface area contributed by atoms with Crippen LogP contribution in [0, 0.1) is 6.92 Å². The molecule has 0 saturated carbocycles. The van der Waals surface area contributed by atoms with Crippen molar-refractivity contribution >= 4 is 22.5 Å². The van der Waals surface area contributed by atoms with Crippen LogP contribution in [0.25, 0.3) is 10.9 Å². The number of nitrogens with zero attached hydrogens (tertiary/aromatic N) is 3. The first-order valence-corrected chi connectivity index (χ1v) is 9.72. The summed E-state index contributed by atoms with van der Waals surface area (Å²) in [7, 11) is 0. The first kappa shape index (κ1) is 19.4. The van der Waals surface area contributed by atoms with Crippen molar-refractivity contribution in [1.82, 2.24) is 15.0 Å². The first-order valence-electron chi connectivity index (χ1n) is 9.72. The normalized spacial score (nSPS) is 10.7. The summed E-state index contributed by atoms with van der Waals surface area (Å²) in [5.74, 6) is -0.300. The number of hydrogen-bond acceptors (Lipinski definition) is 4. The van der Waals surface area contributed by atoms with Crippen molar-refractivity contribution in [2.45, 2.75) is 20.0 Å². The third-order valence-electron chi connectivity index (χ3n) is 4.88. The van der Waals surface area contributed by atoms with Gasteiger partial charge in [-0.05, 0) is 36.2 Å². The number of hydrogen-bond donors (Lipinski definition) is 1. The van der Waals surface area contributed by atoms with Gasteiger partial charge in [0.25, 0.3) is 11.5 Å². The van der Waals surface area contributed by atoms with Crippen LogP contribution >= 0.6 is 0 Å². The minimum absolute atomic E-state index is 0.117. The molecule has 1 N–H and O–H groups in total. The van der Waals surface area contributed by atoms with Gasteiger partial charge in [-0.1, -0.05) is 60.7 Å². The smallest absolute Gasteiger partial charge is 0.261 e. The minimum atomic E-state index is -0.300. The van der Waals surface area contributed by atoms with Crippen LogP contribution < -0.4 is 16.0 Å². The third-order valence-corrected chi connectivity index (χ3v) is 4.88. The van der Waals surface area contributed by atoms with Gasteiger partial charge < -0.3 is 0 Å². The highest BCUT2D eigenvalue weighted by atomic mass is 16.2. The summed E-state index contributed by atoms with van der Waals surface area (Å²) in [6.45, 7) is 2.29. The van der Waals surface area contributed by atoms with Gasteiger partial charge in [0.15, 0.2) is 0 Å². The Hall–Kier alpha value is -3.93. The van der Waals surface area contributed by atoms with Gasteiger partial charge in [0.2, 0.25) is 0 Å². The highest BCUT2D eigenvalue weighted by Crippen LogP contribution is 2.15. The van der Waals surface area contributed by atoms with E-state index in [9.17, 15) is 9.59 Å². The molecule has 1 heterocycles. The number of para-hydroxylation sites is 2. The lowest BCUT2D eigenvalue weighted by molar-refractivity contribution is -0.121. The van der Waals surface area contributed by atoms with E-state index in [2.05, 4.69) is 10.4 Å². The Morgan fingerprint density at radius 1 is 0.967 bits per heavy atom. The van der Waals surface area contributed by atoms with E-state index in [1.54, 1.807) is 11.1 Å². The van der Waals surface area contributed by atoms with Crippen LogP contribution in [-0.2, 0) is 17.9 Å². The zero-order chi connectivity index (χ0) is 20.9. The van der Waals surface area contributed by atoms with Crippen molar-refractivity contribution in [3.63, 3.8) is 0 Å². The summed E-state index contributed by atoms with van der Waals surface area (Å²) >= 11 is 0. The number of carbonyl (C=O) groups excluding carboxylic acids is 1. The number of fused-ring (bicyclic) bond motifs is 1. The number of amides is 1. The summed E-state index contributed by atoms with van der Waals surface area (Å²) in [5, 5.41) is 2.29. The number of aryl methyl sites for hydroxylation is 1. The molecule has 4 aromatic rings. The molecule has 1 aromatic heterocycles. The van der Waals surface area contributed by atoms with Crippen molar-refractivity contribution in [2.24, 2.45) is 0 Å². The van der Waals surface area contributed by atoms with Crippen molar-refractivity contribution in [2.75, 3.05) is 5.01 Å². The second kappa shape index (κ2) is 8.61. The molecule has 0 fully saturated rings. The van der Waals surface area contributed by atoms with Crippen LogP contribution in [0.4, 0.5) is 5.69 Å². The molecule has 0 aliphatic rings. The Balaban J connectivity index is 1.56.